The zero-order valence-corrected chi connectivity index (χ0v) is 19.1. The van der Waals surface area contributed by atoms with Crippen LogP contribution in [0.15, 0.2) is 41.4 Å². The quantitative estimate of drug-likeness (QED) is 0.600. The van der Waals surface area contributed by atoms with E-state index in [1.807, 2.05) is 14.0 Å². The van der Waals surface area contributed by atoms with Crippen LogP contribution in [0.4, 0.5) is 0 Å². The summed E-state index contributed by atoms with van der Waals surface area (Å²) in [6.45, 7) is 4.49. The standard InChI is InChI=1S/C22H26N4O5S/c1-4-31-21-6-5-16(32(28,29)26-9-7-25(2)8-10-26)13-17(21)22-23-14-18-19(24-22)11-15(30-3)12-20(18)27/h5-6,11-14,27H,4,7-10H2,1-3H3. The van der Waals surface area contributed by atoms with E-state index in [-0.39, 0.29) is 10.6 Å². The molecule has 1 saturated heterocycles. The number of rotatable bonds is 6. The van der Waals surface area contributed by atoms with Crippen molar-refractivity contribution in [2.24, 2.45) is 0 Å². The summed E-state index contributed by atoms with van der Waals surface area (Å²) >= 11 is 0. The van der Waals surface area contributed by atoms with Crippen LogP contribution in [0, 0.1) is 0 Å². The molecule has 2 aromatic carbocycles. The fraction of sp³-hybridized carbons (Fsp3) is 0.364. The van der Waals surface area contributed by atoms with Gasteiger partial charge >= 0.3 is 0 Å². The molecule has 1 N–H and O–H groups in total. The maximum Gasteiger partial charge on any atom is 0.243 e. The van der Waals surface area contributed by atoms with Gasteiger partial charge in [0.15, 0.2) is 5.82 Å². The number of aromatic hydroxyl groups is 1. The van der Waals surface area contributed by atoms with Crippen LogP contribution in [0.3, 0.4) is 0 Å². The lowest BCUT2D eigenvalue weighted by Gasteiger charge is -2.31. The Morgan fingerprint density at radius 2 is 1.88 bits per heavy atom. The number of benzene rings is 2. The molecule has 0 aliphatic carbocycles. The van der Waals surface area contributed by atoms with E-state index in [0.29, 0.717) is 66.6 Å². The molecule has 9 nitrogen and oxygen atoms in total. The molecule has 10 heteroatoms. The van der Waals surface area contributed by atoms with Gasteiger partial charge in [0, 0.05) is 44.5 Å². The molecule has 32 heavy (non-hydrogen) atoms. The van der Waals surface area contributed by atoms with Gasteiger partial charge in [-0.2, -0.15) is 4.31 Å². The van der Waals surface area contributed by atoms with E-state index in [0.717, 1.165) is 0 Å². The second kappa shape index (κ2) is 8.89. The Bertz CT molecular complexity index is 1240. The van der Waals surface area contributed by atoms with Crippen molar-refractivity contribution in [1.29, 1.82) is 0 Å². The molecule has 1 fully saturated rings. The average Bonchev–Trinajstić information content (AvgIpc) is 2.79. The molecule has 0 amide bonds. The Morgan fingerprint density at radius 3 is 2.56 bits per heavy atom. The number of hydrogen-bond donors (Lipinski definition) is 1. The number of methoxy groups -OCH3 is 1. The topological polar surface area (TPSA) is 105 Å². The molecule has 0 radical (unpaired) electrons. The van der Waals surface area contributed by atoms with Gasteiger partial charge in [-0.1, -0.05) is 0 Å². The fourth-order valence-electron chi connectivity index (χ4n) is 3.64. The lowest BCUT2D eigenvalue weighted by Crippen LogP contribution is -2.47. The molecule has 4 rings (SSSR count). The van der Waals surface area contributed by atoms with Crippen molar-refractivity contribution < 1.29 is 23.0 Å². The zero-order chi connectivity index (χ0) is 22.9. The number of phenols is 1. The summed E-state index contributed by atoms with van der Waals surface area (Å²) in [5.74, 6) is 1.23. The smallest absolute Gasteiger partial charge is 0.243 e. The van der Waals surface area contributed by atoms with Crippen molar-refractivity contribution in [3.8, 4) is 28.6 Å². The minimum Gasteiger partial charge on any atom is -0.507 e. The van der Waals surface area contributed by atoms with Gasteiger partial charge in [-0.05, 0) is 32.2 Å². The summed E-state index contributed by atoms with van der Waals surface area (Å²) in [5.41, 5.74) is 0.938. The number of fused-ring (bicyclic) bond motifs is 1. The number of nitrogens with zero attached hydrogens (tertiary/aromatic N) is 4. The van der Waals surface area contributed by atoms with Crippen molar-refractivity contribution in [1.82, 2.24) is 19.2 Å². The maximum atomic E-state index is 13.3. The van der Waals surface area contributed by atoms with Crippen molar-refractivity contribution in [2.45, 2.75) is 11.8 Å². The van der Waals surface area contributed by atoms with Crippen LogP contribution in [-0.4, -0.2) is 79.6 Å². The monoisotopic (exact) mass is 458 g/mol. The van der Waals surface area contributed by atoms with Crippen LogP contribution in [0.2, 0.25) is 0 Å². The number of phenolic OH excluding ortho intramolecular Hbond substituents is 1. The van der Waals surface area contributed by atoms with E-state index in [4.69, 9.17) is 9.47 Å². The van der Waals surface area contributed by atoms with Crippen LogP contribution in [0.25, 0.3) is 22.3 Å². The number of ether oxygens (including phenoxy) is 2. The van der Waals surface area contributed by atoms with Gasteiger partial charge in [0.1, 0.15) is 17.2 Å². The maximum absolute atomic E-state index is 13.3. The Hall–Kier alpha value is -2.95. The molecule has 3 aromatic rings. The molecule has 170 valence electrons. The highest BCUT2D eigenvalue weighted by atomic mass is 32.2. The molecule has 0 spiro atoms. The second-order valence-electron chi connectivity index (χ2n) is 7.57. The number of aromatic nitrogens is 2. The summed E-state index contributed by atoms with van der Waals surface area (Å²) in [6.07, 6.45) is 1.50. The van der Waals surface area contributed by atoms with Crippen LogP contribution in [0.5, 0.6) is 17.2 Å². The first-order valence-electron chi connectivity index (χ1n) is 10.3. The van der Waals surface area contributed by atoms with Gasteiger partial charge in [0.25, 0.3) is 0 Å². The van der Waals surface area contributed by atoms with Crippen molar-refractivity contribution >= 4 is 20.9 Å². The fourth-order valence-corrected chi connectivity index (χ4v) is 5.09. The minimum atomic E-state index is -3.67. The van der Waals surface area contributed by atoms with E-state index < -0.39 is 10.0 Å². The molecular weight excluding hydrogens is 432 g/mol. The normalized spacial score (nSPS) is 15.7. The lowest BCUT2D eigenvalue weighted by atomic mass is 10.1. The molecule has 0 atom stereocenters. The van der Waals surface area contributed by atoms with Crippen molar-refractivity contribution in [3.05, 3.63) is 36.5 Å². The predicted molar refractivity (Wildman–Crippen MR) is 121 cm³/mol. The third kappa shape index (κ3) is 4.21. The van der Waals surface area contributed by atoms with Gasteiger partial charge in [-0.3, -0.25) is 0 Å². The van der Waals surface area contributed by atoms with E-state index >= 15 is 0 Å². The Morgan fingerprint density at radius 1 is 1.12 bits per heavy atom. The van der Waals surface area contributed by atoms with Gasteiger partial charge in [0.2, 0.25) is 10.0 Å². The lowest BCUT2D eigenvalue weighted by molar-refractivity contribution is 0.222. The van der Waals surface area contributed by atoms with E-state index in [9.17, 15) is 13.5 Å². The predicted octanol–water partition coefficient (Wildman–Crippen LogP) is 2.35. The molecule has 1 aliphatic rings. The van der Waals surface area contributed by atoms with Gasteiger partial charge < -0.3 is 19.5 Å². The highest BCUT2D eigenvalue weighted by molar-refractivity contribution is 7.89. The summed E-state index contributed by atoms with van der Waals surface area (Å²) < 4.78 is 39.0. The second-order valence-corrected chi connectivity index (χ2v) is 9.51. The Kier molecular flexibility index (Phi) is 6.18. The van der Waals surface area contributed by atoms with Crippen LogP contribution < -0.4 is 9.47 Å². The van der Waals surface area contributed by atoms with Gasteiger partial charge in [-0.15, -0.1) is 0 Å². The van der Waals surface area contributed by atoms with Gasteiger partial charge in [-0.25, -0.2) is 18.4 Å². The zero-order valence-electron chi connectivity index (χ0n) is 18.3. The Labute approximate surface area is 187 Å². The van der Waals surface area contributed by atoms with E-state index in [1.165, 1.54) is 23.7 Å². The third-order valence-corrected chi connectivity index (χ3v) is 7.37. The van der Waals surface area contributed by atoms with Crippen molar-refractivity contribution in [2.75, 3.05) is 46.9 Å². The highest BCUT2D eigenvalue weighted by Crippen LogP contribution is 2.34. The SMILES string of the molecule is CCOc1ccc(S(=O)(=O)N2CCN(C)CC2)cc1-c1ncc2c(O)cc(OC)cc2n1. The number of likely N-dealkylation sites (N-methyl/N-ethyl adjacent to an activating group) is 1. The van der Waals surface area contributed by atoms with E-state index in [2.05, 4.69) is 14.9 Å². The summed E-state index contributed by atoms with van der Waals surface area (Å²) in [4.78, 5) is 11.2. The molecule has 0 unspecified atom stereocenters. The minimum absolute atomic E-state index is 0.00215. The first-order chi connectivity index (χ1) is 15.3. The molecule has 1 aliphatic heterocycles. The molecule has 2 heterocycles. The summed E-state index contributed by atoms with van der Waals surface area (Å²) in [7, 11) is -0.194. The number of piperazine rings is 1. The molecule has 0 bridgehead atoms. The van der Waals surface area contributed by atoms with Crippen molar-refractivity contribution in [3.63, 3.8) is 0 Å². The largest absolute Gasteiger partial charge is 0.507 e. The van der Waals surface area contributed by atoms with Crippen LogP contribution >= 0.6 is 0 Å². The van der Waals surface area contributed by atoms with Gasteiger partial charge in [0.05, 0.1) is 35.1 Å². The number of hydrogen-bond acceptors (Lipinski definition) is 8. The van der Waals surface area contributed by atoms with E-state index in [1.54, 1.807) is 24.3 Å². The highest BCUT2D eigenvalue weighted by Gasteiger charge is 2.28. The van der Waals surface area contributed by atoms with Crippen LogP contribution in [-0.2, 0) is 10.0 Å². The third-order valence-electron chi connectivity index (χ3n) is 5.48. The first kappa shape index (κ1) is 22.3. The Balaban J connectivity index is 1.81. The molecular formula is C22H26N4O5S. The molecule has 1 aromatic heterocycles. The first-order valence-corrected chi connectivity index (χ1v) is 11.8. The summed E-state index contributed by atoms with van der Waals surface area (Å²) in [5, 5.41) is 10.7. The van der Waals surface area contributed by atoms with Crippen LogP contribution in [0.1, 0.15) is 6.92 Å². The summed E-state index contributed by atoms with van der Waals surface area (Å²) in [6, 6.07) is 7.92. The average molecular weight is 459 g/mol. The number of sulfonamides is 1. The molecule has 0 saturated carbocycles.